The van der Waals surface area contributed by atoms with Crippen LogP contribution in [-0.4, -0.2) is 62.4 Å². The summed E-state index contributed by atoms with van der Waals surface area (Å²) >= 11 is 12.5. The Morgan fingerprint density at radius 1 is 1.05 bits per heavy atom. The largest absolute Gasteiger partial charge is 0.487 e. The average Bonchev–Trinajstić information content (AvgIpc) is 3.85. The molecule has 3 aliphatic rings. The molecule has 8 nitrogen and oxygen atoms in total. The molecule has 0 bridgehead atoms. The first-order valence-electron chi connectivity index (χ1n) is 15.0. The molecular weight excluding hydrogens is 608 g/mol. The topological polar surface area (TPSA) is 81.3 Å². The molecule has 3 aromatic rings. The standard InChI is InChI=1S/C33H36Cl2FN3O5/c1-20-15-25(34)32(26(35)16-20)44-14-11-41-29-8-5-22(17-27(29)36)38-28-9-10-37-18-24(28)33(40)39(23-6-7-23)19-21-3-2-4-30-31(21)43-13-12-42-30/h2-5,8,15-17,23-24,28,37-38H,6-7,9-14,18-19H2,1H3. The highest BCUT2D eigenvalue weighted by Gasteiger charge is 2.40. The lowest BCUT2D eigenvalue weighted by Gasteiger charge is -2.36. The number of carbonyl (C=O) groups excluding carboxylic acids is 1. The normalized spacial score (nSPS) is 19.3. The Labute approximate surface area is 266 Å². The number of anilines is 1. The van der Waals surface area contributed by atoms with E-state index in [2.05, 4.69) is 10.6 Å². The lowest BCUT2D eigenvalue weighted by atomic mass is 9.91. The van der Waals surface area contributed by atoms with E-state index in [9.17, 15) is 4.79 Å². The van der Waals surface area contributed by atoms with E-state index in [0.29, 0.717) is 47.8 Å². The van der Waals surface area contributed by atoms with Crippen molar-refractivity contribution < 1.29 is 28.1 Å². The maximum absolute atomic E-state index is 15.0. The summed E-state index contributed by atoms with van der Waals surface area (Å²) in [5, 5.41) is 7.63. The molecule has 2 fully saturated rings. The zero-order chi connectivity index (χ0) is 30.6. The third-order valence-electron chi connectivity index (χ3n) is 8.07. The summed E-state index contributed by atoms with van der Waals surface area (Å²) in [7, 11) is 0. The number of carbonyl (C=O) groups is 1. The molecule has 1 aliphatic carbocycles. The van der Waals surface area contributed by atoms with Gasteiger partial charge in [-0.25, -0.2) is 4.39 Å². The number of ether oxygens (including phenoxy) is 4. The Kier molecular flexibility index (Phi) is 9.54. The maximum atomic E-state index is 15.0. The molecule has 2 aliphatic heterocycles. The predicted octanol–water partition coefficient (Wildman–Crippen LogP) is 6.25. The second kappa shape index (κ2) is 13.7. The van der Waals surface area contributed by atoms with Gasteiger partial charge in [0.25, 0.3) is 0 Å². The summed E-state index contributed by atoms with van der Waals surface area (Å²) in [6.45, 7) is 4.92. The number of hydrogen-bond donors (Lipinski definition) is 2. The number of para-hydroxylation sites is 1. The molecule has 0 aromatic heterocycles. The van der Waals surface area contributed by atoms with Gasteiger partial charge in [0.2, 0.25) is 5.91 Å². The molecule has 3 aromatic carbocycles. The second-order valence-electron chi connectivity index (χ2n) is 11.4. The molecule has 1 saturated heterocycles. The van der Waals surface area contributed by atoms with Crippen LogP contribution in [0.5, 0.6) is 23.0 Å². The van der Waals surface area contributed by atoms with Crippen LogP contribution in [0.2, 0.25) is 10.0 Å². The van der Waals surface area contributed by atoms with Crippen LogP contribution < -0.4 is 29.6 Å². The highest BCUT2D eigenvalue weighted by Crippen LogP contribution is 2.38. The van der Waals surface area contributed by atoms with Crippen molar-refractivity contribution in [2.45, 2.75) is 44.8 Å². The SMILES string of the molecule is Cc1cc(Cl)c(OCCOc2ccc(NC3CCNCC3C(=O)N(Cc3cccc4c3OCCO4)C3CC3)cc2F)c(Cl)c1. The van der Waals surface area contributed by atoms with E-state index in [1.807, 2.05) is 30.0 Å². The van der Waals surface area contributed by atoms with Gasteiger partial charge in [-0.05, 0) is 68.6 Å². The van der Waals surface area contributed by atoms with Gasteiger partial charge in [-0.3, -0.25) is 4.79 Å². The lowest BCUT2D eigenvalue weighted by Crippen LogP contribution is -2.52. The van der Waals surface area contributed by atoms with Crippen molar-refractivity contribution in [1.82, 2.24) is 10.2 Å². The van der Waals surface area contributed by atoms with Crippen molar-refractivity contribution in [3.63, 3.8) is 0 Å². The predicted molar refractivity (Wildman–Crippen MR) is 168 cm³/mol. The Balaban J connectivity index is 1.08. The number of nitrogens with one attached hydrogen (secondary N) is 2. The van der Waals surface area contributed by atoms with Crippen molar-refractivity contribution in [3.8, 4) is 23.0 Å². The van der Waals surface area contributed by atoms with Gasteiger partial charge in [-0.1, -0.05) is 35.3 Å². The number of fused-ring (bicyclic) bond motifs is 1. The van der Waals surface area contributed by atoms with E-state index < -0.39 is 5.82 Å². The first-order chi connectivity index (χ1) is 21.4. The fraction of sp³-hybridized carbons (Fsp3) is 0.424. The molecule has 0 radical (unpaired) electrons. The van der Waals surface area contributed by atoms with Gasteiger partial charge in [0.1, 0.15) is 26.4 Å². The molecule has 234 valence electrons. The maximum Gasteiger partial charge on any atom is 0.229 e. The third-order valence-corrected chi connectivity index (χ3v) is 8.63. The van der Waals surface area contributed by atoms with Crippen LogP contribution >= 0.6 is 23.2 Å². The Morgan fingerprint density at radius 2 is 1.82 bits per heavy atom. The summed E-state index contributed by atoms with van der Waals surface area (Å²) in [4.78, 5) is 16.0. The number of rotatable bonds is 11. The van der Waals surface area contributed by atoms with Crippen molar-refractivity contribution >= 4 is 34.8 Å². The highest BCUT2D eigenvalue weighted by atomic mass is 35.5. The minimum Gasteiger partial charge on any atom is -0.487 e. The quantitative estimate of drug-likeness (QED) is 0.239. The number of nitrogens with zero attached hydrogens (tertiary/aromatic N) is 1. The number of halogens is 3. The summed E-state index contributed by atoms with van der Waals surface area (Å²) in [6.07, 6.45) is 2.70. The molecule has 2 atom stereocenters. The van der Waals surface area contributed by atoms with Crippen LogP contribution in [0.4, 0.5) is 10.1 Å². The first kappa shape index (κ1) is 30.6. The van der Waals surface area contributed by atoms with Gasteiger partial charge < -0.3 is 34.5 Å². The molecule has 1 saturated carbocycles. The van der Waals surface area contributed by atoms with Gasteiger partial charge in [-0.15, -0.1) is 0 Å². The molecule has 44 heavy (non-hydrogen) atoms. The van der Waals surface area contributed by atoms with Crippen molar-refractivity contribution in [3.05, 3.63) is 75.5 Å². The zero-order valence-electron chi connectivity index (χ0n) is 24.5. The smallest absolute Gasteiger partial charge is 0.229 e. The minimum atomic E-state index is -0.506. The Hall–Kier alpha value is -3.40. The fourth-order valence-corrected chi connectivity index (χ4v) is 6.47. The van der Waals surface area contributed by atoms with Crippen molar-refractivity contribution in [2.75, 3.05) is 44.8 Å². The number of benzene rings is 3. The van der Waals surface area contributed by atoms with E-state index in [1.165, 1.54) is 6.07 Å². The monoisotopic (exact) mass is 643 g/mol. The number of amides is 1. The van der Waals surface area contributed by atoms with Crippen LogP contribution in [0.25, 0.3) is 0 Å². The molecule has 11 heteroatoms. The fourth-order valence-electron chi connectivity index (χ4n) is 5.76. The van der Waals surface area contributed by atoms with Crippen LogP contribution in [0, 0.1) is 18.7 Å². The summed E-state index contributed by atoms with van der Waals surface area (Å²) in [5.74, 6) is 1.20. The number of hydrogen-bond acceptors (Lipinski definition) is 7. The van der Waals surface area contributed by atoms with E-state index >= 15 is 4.39 Å². The molecule has 2 N–H and O–H groups in total. The molecule has 2 unspecified atom stereocenters. The van der Waals surface area contributed by atoms with E-state index in [1.54, 1.807) is 24.3 Å². The Bertz CT molecular complexity index is 1480. The molecular formula is C33H36Cl2FN3O5. The first-order valence-corrected chi connectivity index (χ1v) is 15.8. The van der Waals surface area contributed by atoms with Crippen LogP contribution in [0.3, 0.4) is 0 Å². The van der Waals surface area contributed by atoms with Gasteiger partial charge in [0.05, 0.1) is 16.0 Å². The van der Waals surface area contributed by atoms with E-state index in [0.717, 1.165) is 48.4 Å². The zero-order valence-corrected chi connectivity index (χ0v) is 26.1. The van der Waals surface area contributed by atoms with Gasteiger partial charge >= 0.3 is 0 Å². The second-order valence-corrected chi connectivity index (χ2v) is 12.2. The van der Waals surface area contributed by atoms with Gasteiger partial charge in [0, 0.05) is 42.5 Å². The molecule has 2 heterocycles. The number of piperidine rings is 1. The van der Waals surface area contributed by atoms with E-state index in [4.69, 9.17) is 42.1 Å². The van der Waals surface area contributed by atoms with Gasteiger partial charge in [-0.2, -0.15) is 0 Å². The van der Waals surface area contributed by atoms with E-state index in [-0.39, 0.29) is 42.9 Å². The summed E-state index contributed by atoms with van der Waals surface area (Å²) in [5.41, 5.74) is 2.47. The summed E-state index contributed by atoms with van der Waals surface area (Å²) < 4.78 is 38.0. The third kappa shape index (κ3) is 7.11. The van der Waals surface area contributed by atoms with Crippen LogP contribution in [-0.2, 0) is 11.3 Å². The van der Waals surface area contributed by atoms with Crippen LogP contribution in [0.1, 0.15) is 30.4 Å². The Morgan fingerprint density at radius 3 is 2.59 bits per heavy atom. The van der Waals surface area contributed by atoms with Crippen molar-refractivity contribution in [2.24, 2.45) is 5.92 Å². The summed E-state index contributed by atoms with van der Waals surface area (Å²) in [6, 6.07) is 14.2. The minimum absolute atomic E-state index is 0.0840. The van der Waals surface area contributed by atoms with Gasteiger partial charge in [0.15, 0.2) is 28.8 Å². The molecule has 6 rings (SSSR count). The van der Waals surface area contributed by atoms with Crippen molar-refractivity contribution in [1.29, 1.82) is 0 Å². The average molecular weight is 645 g/mol. The highest BCUT2D eigenvalue weighted by molar-refractivity contribution is 6.37. The lowest BCUT2D eigenvalue weighted by molar-refractivity contribution is -0.137. The van der Waals surface area contributed by atoms with Crippen LogP contribution in [0.15, 0.2) is 48.5 Å². The molecule has 0 spiro atoms. The number of aryl methyl sites for hydroxylation is 1. The molecule has 1 amide bonds.